The lowest BCUT2D eigenvalue weighted by Crippen LogP contribution is -1.95. The van der Waals surface area contributed by atoms with E-state index >= 15 is 0 Å². The topological polar surface area (TPSA) is 83.9 Å². The quantitative estimate of drug-likeness (QED) is 0.657. The number of nitrogen functional groups attached to an aromatic ring is 1. The molecule has 0 atom stereocenters. The van der Waals surface area contributed by atoms with Crippen LogP contribution >= 0.6 is 23.1 Å². The van der Waals surface area contributed by atoms with Crippen molar-refractivity contribution in [1.29, 1.82) is 5.26 Å². The number of nitrogens with zero attached hydrogens (tertiary/aromatic N) is 1. The first-order valence-corrected chi connectivity index (χ1v) is 6.23. The highest BCUT2D eigenvalue weighted by Crippen LogP contribution is 2.37. The van der Waals surface area contributed by atoms with E-state index in [4.69, 9.17) is 11.0 Å². The van der Waals surface area contributed by atoms with Gasteiger partial charge >= 0.3 is 0 Å². The van der Waals surface area contributed by atoms with Crippen LogP contribution in [0.1, 0.15) is 29.1 Å². The van der Waals surface area contributed by atoms with E-state index in [1.54, 1.807) is 0 Å². The van der Waals surface area contributed by atoms with E-state index in [-0.39, 0.29) is 23.0 Å². The van der Waals surface area contributed by atoms with Crippen molar-refractivity contribution in [3.63, 3.8) is 0 Å². The number of carbonyl (C=O) groups excluding carboxylic acids is 2. The SMILES string of the molecule is CC(=O)CSc1sc(C(C)=O)c(N)c1C#N. The zero-order chi connectivity index (χ0) is 12.3. The molecule has 0 aliphatic rings. The van der Waals surface area contributed by atoms with Gasteiger partial charge in [0.05, 0.1) is 20.5 Å². The Balaban J connectivity index is 3.10. The summed E-state index contributed by atoms with van der Waals surface area (Å²) in [5.41, 5.74) is 6.23. The second kappa shape index (κ2) is 5.14. The lowest BCUT2D eigenvalue weighted by Gasteiger charge is -1.94. The molecule has 1 aromatic rings. The van der Waals surface area contributed by atoms with E-state index in [0.717, 1.165) is 0 Å². The smallest absolute Gasteiger partial charge is 0.171 e. The summed E-state index contributed by atoms with van der Waals surface area (Å²) in [6.45, 7) is 2.88. The molecule has 1 aromatic heterocycles. The van der Waals surface area contributed by atoms with Gasteiger partial charge < -0.3 is 5.73 Å². The number of ketones is 2. The van der Waals surface area contributed by atoms with Gasteiger partial charge in [-0.2, -0.15) is 5.26 Å². The Morgan fingerprint density at radius 2 is 2.12 bits per heavy atom. The number of Topliss-reactive ketones (excluding diaryl/α,β-unsaturated/α-hetero) is 2. The second-order valence-corrected chi connectivity index (χ2v) is 5.43. The third-order valence-corrected chi connectivity index (χ3v) is 4.47. The van der Waals surface area contributed by atoms with Gasteiger partial charge in [0, 0.05) is 6.92 Å². The molecule has 0 radical (unpaired) electrons. The molecule has 84 valence electrons. The van der Waals surface area contributed by atoms with Gasteiger partial charge in [0.15, 0.2) is 5.78 Å². The molecule has 1 heterocycles. The van der Waals surface area contributed by atoms with Gasteiger partial charge in [-0.3, -0.25) is 9.59 Å². The van der Waals surface area contributed by atoms with Gasteiger partial charge in [-0.15, -0.1) is 23.1 Å². The molecule has 0 aliphatic carbocycles. The molecule has 2 N–H and O–H groups in total. The maximum Gasteiger partial charge on any atom is 0.171 e. The molecule has 0 fully saturated rings. The van der Waals surface area contributed by atoms with Crippen LogP contribution in [0.25, 0.3) is 0 Å². The molecule has 0 aliphatic heterocycles. The fourth-order valence-corrected chi connectivity index (χ4v) is 3.15. The number of hydrogen-bond acceptors (Lipinski definition) is 6. The molecule has 0 unspecified atom stereocenters. The van der Waals surface area contributed by atoms with Crippen LogP contribution in [0.4, 0.5) is 5.69 Å². The number of thiophene rings is 1. The maximum absolute atomic E-state index is 11.2. The maximum atomic E-state index is 11.2. The number of nitriles is 1. The molecule has 0 spiro atoms. The zero-order valence-electron chi connectivity index (χ0n) is 8.86. The summed E-state index contributed by atoms with van der Waals surface area (Å²) in [4.78, 5) is 22.5. The summed E-state index contributed by atoms with van der Waals surface area (Å²) in [6.07, 6.45) is 0. The minimum absolute atomic E-state index is 0.0187. The van der Waals surface area contributed by atoms with Crippen LogP contribution < -0.4 is 5.73 Å². The van der Waals surface area contributed by atoms with Gasteiger partial charge in [-0.1, -0.05) is 0 Å². The summed E-state index contributed by atoms with van der Waals surface area (Å²) in [5, 5.41) is 8.93. The number of nitrogens with two attached hydrogens (primary N) is 1. The molecule has 0 amide bonds. The summed E-state index contributed by atoms with van der Waals surface area (Å²) in [6, 6.07) is 1.96. The number of carbonyl (C=O) groups is 2. The van der Waals surface area contributed by atoms with Crippen LogP contribution in [0.3, 0.4) is 0 Å². The number of anilines is 1. The highest BCUT2D eigenvalue weighted by Gasteiger charge is 2.18. The predicted molar refractivity (Wildman–Crippen MR) is 64.9 cm³/mol. The van der Waals surface area contributed by atoms with Crippen LogP contribution in [0.5, 0.6) is 0 Å². The van der Waals surface area contributed by atoms with Gasteiger partial charge in [-0.05, 0) is 6.92 Å². The summed E-state index contributed by atoms with van der Waals surface area (Å²) in [7, 11) is 0. The molecule has 0 saturated heterocycles. The van der Waals surface area contributed by atoms with Crippen molar-refractivity contribution in [1.82, 2.24) is 0 Å². The van der Waals surface area contributed by atoms with Crippen molar-refractivity contribution in [2.45, 2.75) is 18.1 Å². The molecule has 0 bridgehead atoms. The van der Waals surface area contributed by atoms with Crippen molar-refractivity contribution < 1.29 is 9.59 Å². The minimum Gasteiger partial charge on any atom is -0.396 e. The van der Waals surface area contributed by atoms with E-state index in [0.29, 0.717) is 14.6 Å². The molecule has 1 rings (SSSR count). The fourth-order valence-electron chi connectivity index (χ4n) is 1.06. The van der Waals surface area contributed by atoms with Crippen molar-refractivity contribution in [3.8, 4) is 6.07 Å². The Labute approximate surface area is 101 Å². The normalized spacial score (nSPS) is 9.81. The Morgan fingerprint density at radius 1 is 1.50 bits per heavy atom. The minimum atomic E-state index is -0.159. The molecule has 16 heavy (non-hydrogen) atoms. The van der Waals surface area contributed by atoms with E-state index < -0.39 is 0 Å². The third kappa shape index (κ3) is 2.62. The molecule has 0 saturated carbocycles. The van der Waals surface area contributed by atoms with Crippen molar-refractivity contribution >= 4 is 40.4 Å². The second-order valence-electron chi connectivity index (χ2n) is 3.17. The van der Waals surface area contributed by atoms with Gasteiger partial charge in [0.25, 0.3) is 0 Å². The summed E-state index contributed by atoms with van der Waals surface area (Å²) in [5.74, 6) is 0.144. The van der Waals surface area contributed by atoms with Gasteiger partial charge in [0.1, 0.15) is 17.4 Å². The summed E-state index contributed by atoms with van der Waals surface area (Å²) >= 11 is 2.42. The van der Waals surface area contributed by atoms with E-state index in [1.165, 1.54) is 36.9 Å². The predicted octanol–water partition coefficient (Wildman–Crippen LogP) is 2.09. The summed E-state index contributed by atoms with van der Waals surface area (Å²) < 4.78 is 0.639. The Kier molecular flexibility index (Phi) is 4.10. The molecule has 6 heteroatoms. The number of rotatable bonds is 4. The highest BCUT2D eigenvalue weighted by atomic mass is 32.2. The molecule has 4 nitrogen and oxygen atoms in total. The first kappa shape index (κ1) is 12.7. The monoisotopic (exact) mass is 254 g/mol. The average Bonchev–Trinajstić information content (AvgIpc) is 2.51. The van der Waals surface area contributed by atoms with E-state index in [9.17, 15) is 9.59 Å². The fraction of sp³-hybridized carbons (Fsp3) is 0.300. The van der Waals surface area contributed by atoms with Crippen LogP contribution in [0.15, 0.2) is 4.21 Å². The Hall–Kier alpha value is -1.32. The first-order valence-electron chi connectivity index (χ1n) is 4.43. The van der Waals surface area contributed by atoms with Crippen LogP contribution in [-0.2, 0) is 4.79 Å². The van der Waals surface area contributed by atoms with Crippen molar-refractivity contribution in [2.75, 3.05) is 11.5 Å². The van der Waals surface area contributed by atoms with E-state index in [1.807, 2.05) is 6.07 Å². The number of thioether (sulfide) groups is 1. The first-order chi connectivity index (χ1) is 7.47. The lowest BCUT2D eigenvalue weighted by molar-refractivity contribution is -0.114. The third-order valence-electron chi connectivity index (χ3n) is 1.75. The van der Waals surface area contributed by atoms with Crippen LogP contribution in [0.2, 0.25) is 0 Å². The Bertz CT molecular complexity index is 486. The van der Waals surface area contributed by atoms with Gasteiger partial charge in [-0.25, -0.2) is 0 Å². The van der Waals surface area contributed by atoms with Gasteiger partial charge in [0.2, 0.25) is 0 Å². The standard InChI is InChI=1S/C10H10N2O2S2/c1-5(13)4-15-10-7(3-11)8(12)9(16-10)6(2)14/h4,12H2,1-2H3. The van der Waals surface area contributed by atoms with Crippen LogP contribution in [-0.4, -0.2) is 17.3 Å². The zero-order valence-corrected chi connectivity index (χ0v) is 10.5. The van der Waals surface area contributed by atoms with E-state index in [2.05, 4.69) is 0 Å². The highest BCUT2D eigenvalue weighted by molar-refractivity contribution is 8.01. The molecule has 0 aromatic carbocycles. The number of hydrogen-bond donors (Lipinski definition) is 1. The molecular weight excluding hydrogens is 244 g/mol. The average molecular weight is 254 g/mol. The van der Waals surface area contributed by atoms with Crippen LogP contribution in [0, 0.1) is 11.3 Å². The largest absolute Gasteiger partial charge is 0.396 e. The Morgan fingerprint density at radius 3 is 2.56 bits per heavy atom. The molecular formula is C10H10N2O2S2. The van der Waals surface area contributed by atoms with Crippen molar-refractivity contribution in [3.05, 3.63) is 10.4 Å². The van der Waals surface area contributed by atoms with Crippen molar-refractivity contribution in [2.24, 2.45) is 0 Å². The lowest BCUT2D eigenvalue weighted by atomic mass is 10.2.